The van der Waals surface area contributed by atoms with Crippen molar-refractivity contribution in [3.8, 4) is 11.5 Å². The molecule has 5 rings (SSSR count). The topological polar surface area (TPSA) is 28.1 Å². The monoisotopic (exact) mass is 403 g/mol. The van der Waals surface area contributed by atoms with Crippen LogP contribution in [0.4, 0.5) is 11.4 Å². The van der Waals surface area contributed by atoms with Gasteiger partial charge in [0.05, 0.1) is 5.56 Å². The van der Waals surface area contributed by atoms with Crippen molar-refractivity contribution >= 4 is 28.8 Å². The van der Waals surface area contributed by atoms with Crippen molar-refractivity contribution < 1.29 is 4.74 Å². The Morgan fingerprint density at radius 2 is 1.62 bits per heavy atom. The standard InChI is InChI=1S/C24H22ClN3O/c1-17-5-4-6-19(15-17)27-11-13-28(14-12-27)24-20-7-2-3-8-22(20)29-23-10-9-18(25)16-21(23)26-24/h2-10,15-16H,11-14H2,1H3. The molecule has 146 valence electrons. The molecule has 0 N–H and O–H groups in total. The van der Waals surface area contributed by atoms with Gasteiger partial charge in [-0.05, 0) is 55.0 Å². The summed E-state index contributed by atoms with van der Waals surface area (Å²) in [6, 6.07) is 22.4. The van der Waals surface area contributed by atoms with E-state index in [9.17, 15) is 0 Å². The number of anilines is 1. The number of nitrogens with zero attached hydrogens (tertiary/aromatic N) is 3. The first kappa shape index (κ1) is 18.1. The second kappa shape index (κ2) is 7.45. The Morgan fingerprint density at radius 3 is 2.45 bits per heavy atom. The average molecular weight is 404 g/mol. The van der Waals surface area contributed by atoms with E-state index >= 15 is 0 Å². The zero-order valence-electron chi connectivity index (χ0n) is 16.3. The number of ether oxygens (including phenoxy) is 1. The molecule has 0 aromatic heterocycles. The third-order valence-corrected chi connectivity index (χ3v) is 5.68. The Balaban J connectivity index is 1.47. The molecule has 0 saturated carbocycles. The van der Waals surface area contributed by atoms with Gasteiger partial charge in [0.15, 0.2) is 5.75 Å². The third-order valence-electron chi connectivity index (χ3n) is 5.44. The molecule has 2 heterocycles. The fraction of sp³-hybridized carbons (Fsp3) is 0.208. The Morgan fingerprint density at radius 1 is 0.828 bits per heavy atom. The van der Waals surface area contributed by atoms with Crippen LogP contribution in [0, 0.1) is 6.92 Å². The second-order valence-electron chi connectivity index (χ2n) is 7.46. The number of aryl methyl sites for hydroxylation is 1. The molecule has 0 amide bonds. The van der Waals surface area contributed by atoms with E-state index in [1.54, 1.807) is 0 Å². The molecular weight excluding hydrogens is 382 g/mol. The molecule has 2 aliphatic heterocycles. The first-order valence-corrected chi connectivity index (χ1v) is 10.3. The SMILES string of the molecule is Cc1cccc(N2CCN(C3=Nc4cc(Cl)ccc4Oc4ccccc43)CC2)c1. The fourth-order valence-electron chi connectivity index (χ4n) is 3.94. The first-order valence-electron chi connectivity index (χ1n) is 9.89. The van der Waals surface area contributed by atoms with Gasteiger partial charge >= 0.3 is 0 Å². The Kier molecular flexibility index (Phi) is 4.64. The fourth-order valence-corrected chi connectivity index (χ4v) is 4.11. The van der Waals surface area contributed by atoms with Crippen molar-refractivity contribution in [1.29, 1.82) is 0 Å². The summed E-state index contributed by atoms with van der Waals surface area (Å²) in [5, 5.41) is 0.658. The van der Waals surface area contributed by atoms with Gasteiger partial charge in [-0.3, -0.25) is 0 Å². The molecule has 0 bridgehead atoms. The van der Waals surface area contributed by atoms with Gasteiger partial charge in [-0.25, -0.2) is 4.99 Å². The molecule has 0 radical (unpaired) electrons. The van der Waals surface area contributed by atoms with Gasteiger partial charge in [0.2, 0.25) is 0 Å². The summed E-state index contributed by atoms with van der Waals surface area (Å²) >= 11 is 6.23. The molecule has 5 heteroatoms. The zero-order chi connectivity index (χ0) is 19.8. The van der Waals surface area contributed by atoms with E-state index in [0.29, 0.717) is 5.02 Å². The van der Waals surface area contributed by atoms with Crippen LogP contribution in [0.25, 0.3) is 0 Å². The predicted molar refractivity (Wildman–Crippen MR) is 119 cm³/mol. The lowest BCUT2D eigenvalue weighted by molar-refractivity contribution is 0.386. The van der Waals surface area contributed by atoms with Crippen LogP contribution >= 0.6 is 11.6 Å². The van der Waals surface area contributed by atoms with Crippen LogP contribution in [0.1, 0.15) is 11.1 Å². The smallest absolute Gasteiger partial charge is 0.153 e. The van der Waals surface area contributed by atoms with Crippen LogP contribution in [0.2, 0.25) is 5.02 Å². The van der Waals surface area contributed by atoms with Crippen molar-refractivity contribution in [1.82, 2.24) is 4.90 Å². The Bertz CT molecular complexity index is 1090. The van der Waals surface area contributed by atoms with Gasteiger partial charge in [0.25, 0.3) is 0 Å². The van der Waals surface area contributed by atoms with Gasteiger partial charge in [-0.1, -0.05) is 35.9 Å². The summed E-state index contributed by atoms with van der Waals surface area (Å²) in [5.74, 6) is 2.51. The lowest BCUT2D eigenvalue weighted by atomic mass is 10.1. The maximum absolute atomic E-state index is 6.23. The van der Waals surface area contributed by atoms with Gasteiger partial charge < -0.3 is 14.5 Å². The van der Waals surface area contributed by atoms with Gasteiger partial charge in [-0.15, -0.1) is 0 Å². The van der Waals surface area contributed by atoms with E-state index in [0.717, 1.165) is 54.8 Å². The van der Waals surface area contributed by atoms with Crippen LogP contribution in [-0.2, 0) is 0 Å². The maximum Gasteiger partial charge on any atom is 0.153 e. The number of aliphatic imine (C=N–C) groups is 1. The number of benzene rings is 3. The minimum Gasteiger partial charge on any atom is -0.454 e. The zero-order valence-corrected chi connectivity index (χ0v) is 17.1. The number of fused-ring (bicyclic) bond motifs is 2. The highest BCUT2D eigenvalue weighted by atomic mass is 35.5. The van der Waals surface area contributed by atoms with Crippen LogP contribution in [0.3, 0.4) is 0 Å². The molecular formula is C24H22ClN3O. The number of para-hydroxylation sites is 1. The Labute approximate surface area is 176 Å². The van der Waals surface area contributed by atoms with Gasteiger partial charge in [-0.2, -0.15) is 0 Å². The summed E-state index contributed by atoms with van der Waals surface area (Å²) in [5.41, 5.74) is 4.36. The van der Waals surface area contributed by atoms with Crippen molar-refractivity contribution in [3.05, 3.63) is 82.9 Å². The van der Waals surface area contributed by atoms with Gasteiger partial charge in [0, 0.05) is 36.9 Å². The molecule has 0 spiro atoms. The lowest BCUT2D eigenvalue weighted by Gasteiger charge is -2.37. The van der Waals surface area contributed by atoms with Crippen LogP contribution in [0.5, 0.6) is 11.5 Å². The quantitative estimate of drug-likeness (QED) is 0.525. The largest absolute Gasteiger partial charge is 0.454 e. The average Bonchev–Trinajstić information content (AvgIpc) is 2.90. The summed E-state index contributed by atoms with van der Waals surface area (Å²) in [7, 11) is 0. The molecule has 29 heavy (non-hydrogen) atoms. The summed E-state index contributed by atoms with van der Waals surface area (Å²) < 4.78 is 6.17. The predicted octanol–water partition coefficient (Wildman–Crippen LogP) is 5.65. The van der Waals surface area contributed by atoms with E-state index in [1.807, 2.05) is 36.4 Å². The van der Waals surface area contributed by atoms with Crippen molar-refractivity contribution in [3.63, 3.8) is 0 Å². The summed E-state index contributed by atoms with van der Waals surface area (Å²) in [4.78, 5) is 9.78. The lowest BCUT2D eigenvalue weighted by Crippen LogP contribution is -2.49. The number of hydrogen-bond acceptors (Lipinski definition) is 4. The number of piperazine rings is 1. The first-order chi connectivity index (χ1) is 14.2. The molecule has 1 fully saturated rings. The van der Waals surface area contributed by atoms with E-state index in [4.69, 9.17) is 21.3 Å². The van der Waals surface area contributed by atoms with Crippen LogP contribution in [-0.4, -0.2) is 36.9 Å². The van der Waals surface area contributed by atoms with E-state index in [1.165, 1.54) is 11.3 Å². The van der Waals surface area contributed by atoms with Crippen molar-refractivity contribution in [2.24, 2.45) is 4.99 Å². The molecule has 3 aromatic rings. The highest BCUT2D eigenvalue weighted by Crippen LogP contribution is 2.39. The molecule has 1 saturated heterocycles. The Hall–Kier alpha value is -2.98. The van der Waals surface area contributed by atoms with E-state index < -0.39 is 0 Å². The van der Waals surface area contributed by atoms with Crippen molar-refractivity contribution in [2.45, 2.75) is 6.92 Å². The molecule has 0 unspecified atom stereocenters. The van der Waals surface area contributed by atoms with Gasteiger partial charge in [0.1, 0.15) is 17.3 Å². The summed E-state index contributed by atoms with van der Waals surface area (Å²) in [6.07, 6.45) is 0. The molecule has 3 aromatic carbocycles. The third kappa shape index (κ3) is 3.56. The molecule has 2 aliphatic rings. The maximum atomic E-state index is 6.23. The molecule has 0 aliphatic carbocycles. The summed E-state index contributed by atoms with van der Waals surface area (Å²) in [6.45, 7) is 5.84. The second-order valence-corrected chi connectivity index (χ2v) is 7.90. The van der Waals surface area contributed by atoms with E-state index in [2.05, 4.69) is 47.1 Å². The van der Waals surface area contributed by atoms with Crippen LogP contribution < -0.4 is 9.64 Å². The number of hydrogen-bond donors (Lipinski definition) is 0. The number of amidine groups is 1. The minimum atomic E-state index is 0.658. The number of rotatable bonds is 1. The highest BCUT2D eigenvalue weighted by Gasteiger charge is 2.26. The molecule has 0 atom stereocenters. The molecule has 4 nitrogen and oxygen atoms in total. The number of halogens is 1. The minimum absolute atomic E-state index is 0.658. The van der Waals surface area contributed by atoms with E-state index in [-0.39, 0.29) is 0 Å². The van der Waals surface area contributed by atoms with Crippen LogP contribution in [0.15, 0.2) is 71.7 Å². The van der Waals surface area contributed by atoms with Crippen molar-refractivity contribution in [2.75, 3.05) is 31.1 Å². The highest BCUT2D eigenvalue weighted by molar-refractivity contribution is 6.31. The normalized spacial score (nSPS) is 15.7.